The predicted octanol–water partition coefficient (Wildman–Crippen LogP) is 3.39. The van der Waals surface area contributed by atoms with Crippen molar-refractivity contribution in [2.45, 2.75) is 59.8 Å². The van der Waals surface area contributed by atoms with Crippen molar-refractivity contribution < 1.29 is 9.59 Å². The molecule has 0 saturated heterocycles. The molecule has 15 heavy (non-hydrogen) atoms. The van der Waals surface area contributed by atoms with E-state index in [1.54, 1.807) is 0 Å². The maximum absolute atomic E-state index is 11.4. The van der Waals surface area contributed by atoms with Crippen molar-refractivity contribution in [3.8, 4) is 0 Å². The summed E-state index contributed by atoms with van der Waals surface area (Å²) in [7, 11) is 0. The fourth-order valence-electron chi connectivity index (χ4n) is 1.54. The minimum Gasteiger partial charge on any atom is -0.299 e. The monoisotopic (exact) mass is 212 g/mol. The zero-order valence-electron chi connectivity index (χ0n) is 10.5. The maximum atomic E-state index is 11.4. The Morgan fingerprint density at radius 1 is 0.933 bits per heavy atom. The number of carbonyl (C=O) groups excluding carboxylic acids is 2. The molecule has 0 aliphatic heterocycles. The molecule has 0 bridgehead atoms. The summed E-state index contributed by atoms with van der Waals surface area (Å²) in [5.74, 6) is 1.21. The molecule has 0 aromatic rings. The molecule has 0 saturated carbocycles. The fraction of sp³-hybridized carbons (Fsp3) is 0.846. The van der Waals surface area contributed by atoms with Gasteiger partial charge in [-0.3, -0.25) is 9.59 Å². The second-order valence-electron chi connectivity index (χ2n) is 5.14. The van der Waals surface area contributed by atoms with Crippen LogP contribution in [0.5, 0.6) is 0 Å². The molecule has 0 fully saturated rings. The number of rotatable bonds is 8. The molecule has 2 heteroatoms. The van der Waals surface area contributed by atoms with Gasteiger partial charge in [-0.1, -0.05) is 34.1 Å². The van der Waals surface area contributed by atoms with Gasteiger partial charge in [-0.15, -0.1) is 0 Å². The fourth-order valence-corrected chi connectivity index (χ4v) is 1.54. The standard InChI is InChI=1S/C13H24O2/c1-10(2)6-5-7-12(14)9-13(15)8-11(3)4/h10-11H,5-9H2,1-4H3. The Bertz CT molecular complexity index is 205. The lowest BCUT2D eigenvalue weighted by Gasteiger charge is -2.05. The van der Waals surface area contributed by atoms with Gasteiger partial charge in [-0.25, -0.2) is 0 Å². The second kappa shape index (κ2) is 7.61. The Morgan fingerprint density at radius 2 is 1.53 bits per heavy atom. The summed E-state index contributed by atoms with van der Waals surface area (Å²) in [6.45, 7) is 8.30. The lowest BCUT2D eigenvalue weighted by molar-refractivity contribution is -0.127. The zero-order chi connectivity index (χ0) is 11.8. The highest BCUT2D eigenvalue weighted by Gasteiger charge is 2.10. The summed E-state index contributed by atoms with van der Waals surface area (Å²) in [5.41, 5.74) is 0. The number of hydrogen-bond donors (Lipinski definition) is 0. The van der Waals surface area contributed by atoms with Crippen molar-refractivity contribution >= 4 is 11.6 Å². The van der Waals surface area contributed by atoms with Gasteiger partial charge in [0.05, 0.1) is 6.42 Å². The van der Waals surface area contributed by atoms with Gasteiger partial charge in [-0.2, -0.15) is 0 Å². The van der Waals surface area contributed by atoms with Gasteiger partial charge in [0.2, 0.25) is 0 Å². The van der Waals surface area contributed by atoms with Gasteiger partial charge in [-0.05, 0) is 18.3 Å². The highest BCUT2D eigenvalue weighted by atomic mass is 16.1. The summed E-state index contributed by atoms with van der Waals surface area (Å²) in [5, 5.41) is 0. The van der Waals surface area contributed by atoms with Gasteiger partial charge in [0.25, 0.3) is 0 Å². The van der Waals surface area contributed by atoms with Crippen LogP contribution in [0.4, 0.5) is 0 Å². The third-order valence-electron chi connectivity index (χ3n) is 2.27. The smallest absolute Gasteiger partial charge is 0.140 e. The van der Waals surface area contributed by atoms with Crippen molar-refractivity contribution in [2.75, 3.05) is 0 Å². The van der Waals surface area contributed by atoms with Gasteiger partial charge >= 0.3 is 0 Å². The van der Waals surface area contributed by atoms with Crippen molar-refractivity contribution in [3.63, 3.8) is 0 Å². The van der Waals surface area contributed by atoms with Crippen LogP contribution in [0.15, 0.2) is 0 Å². The van der Waals surface area contributed by atoms with E-state index in [2.05, 4.69) is 13.8 Å². The van der Waals surface area contributed by atoms with Crippen LogP contribution in [0.3, 0.4) is 0 Å². The summed E-state index contributed by atoms with van der Waals surface area (Å²) < 4.78 is 0. The molecule has 0 aromatic carbocycles. The Kier molecular flexibility index (Phi) is 7.27. The third-order valence-corrected chi connectivity index (χ3v) is 2.27. The lowest BCUT2D eigenvalue weighted by atomic mass is 9.99. The van der Waals surface area contributed by atoms with Crippen molar-refractivity contribution in [3.05, 3.63) is 0 Å². The van der Waals surface area contributed by atoms with Crippen LogP contribution < -0.4 is 0 Å². The van der Waals surface area contributed by atoms with Crippen molar-refractivity contribution in [1.29, 1.82) is 0 Å². The molecular formula is C13H24O2. The van der Waals surface area contributed by atoms with Crippen molar-refractivity contribution in [2.24, 2.45) is 11.8 Å². The topological polar surface area (TPSA) is 34.1 Å². The van der Waals surface area contributed by atoms with Crippen LogP contribution in [0.2, 0.25) is 0 Å². The molecule has 2 nitrogen and oxygen atoms in total. The summed E-state index contributed by atoms with van der Waals surface area (Å²) in [6, 6.07) is 0. The molecule has 0 radical (unpaired) electrons. The molecule has 0 unspecified atom stereocenters. The molecule has 0 aliphatic carbocycles. The summed E-state index contributed by atoms with van der Waals surface area (Å²) in [4.78, 5) is 22.7. The number of hydrogen-bond acceptors (Lipinski definition) is 2. The average Bonchev–Trinajstić information content (AvgIpc) is 2.00. The minimum absolute atomic E-state index is 0.0968. The highest BCUT2D eigenvalue weighted by Crippen LogP contribution is 2.09. The summed E-state index contributed by atoms with van der Waals surface area (Å²) in [6.07, 6.45) is 3.25. The Hall–Kier alpha value is -0.660. The molecule has 88 valence electrons. The van der Waals surface area contributed by atoms with Crippen molar-refractivity contribution in [1.82, 2.24) is 0 Å². The highest BCUT2D eigenvalue weighted by molar-refractivity contribution is 5.99. The van der Waals surface area contributed by atoms with Gasteiger partial charge in [0.15, 0.2) is 0 Å². The quantitative estimate of drug-likeness (QED) is 0.578. The molecule has 0 aliphatic rings. The van der Waals surface area contributed by atoms with Gasteiger partial charge in [0.1, 0.15) is 11.6 Å². The largest absolute Gasteiger partial charge is 0.299 e. The van der Waals surface area contributed by atoms with E-state index in [-0.39, 0.29) is 18.0 Å². The second-order valence-corrected chi connectivity index (χ2v) is 5.14. The first-order valence-corrected chi connectivity index (χ1v) is 5.95. The number of ketones is 2. The van der Waals surface area contributed by atoms with Crippen LogP contribution in [-0.2, 0) is 9.59 Å². The van der Waals surface area contributed by atoms with Crippen LogP contribution >= 0.6 is 0 Å². The Morgan fingerprint density at radius 3 is 2.00 bits per heavy atom. The van der Waals surface area contributed by atoms with Crippen LogP contribution in [-0.4, -0.2) is 11.6 Å². The Labute approximate surface area is 93.4 Å². The van der Waals surface area contributed by atoms with Gasteiger partial charge in [0, 0.05) is 12.8 Å². The first kappa shape index (κ1) is 14.3. The molecule has 0 rings (SSSR count). The van der Waals surface area contributed by atoms with E-state index < -0.39 is 0 Å². The maximum Gasteiger partial charge on any atom is 0.140 e. The van der Waals surface area contributed by atoms with Gasteiger partial charge < -0.3 is 0 Å². The van der Waals surface area contributed by atoms with E-state index in [4.69, 9.17) is 0 Å². The summed E-state index contributed by atoms with van der Waals surface area (Å²) >= 11 is 0. The Balaban J connectivity index is 3.60. The van der Waals surface area contributed by atoms with Crippen LogP contribution in [0, 0.1) is 11.8 Å². The SMILES string of the molecule is CC(C)CCCC(=O)CC(=O)CC(C)C. The molecule has 0 N–H and O–H groups in total. The van der Waals surface area contributed by atoms with E-state index in [0.717, 1.165) is 12.8 Å². The average molecular weight is 212 g/mol. The normalized spacial score (nSPS) is 11.1. The van der Waals surface area contributed by atoms with E-state index in [9.17, 15) is 9.59 Å². The molecule has 0 spiro atoms. The van der Waals surface area contributed by atoms with Crippen LogP contribution in [0.1, 0.15) is 59.8 Å². The number of carbonyl (C=O) groups is 2. The number of Topliss-reactive ketones (excluding diaryl/α,β-unsaturated/α-hetero) is 2. The van der Waals surface area contributed by atoms with E-state index >= 15 is 0 Å². The van der Waals surface area contributed by atoms with E-state index in [1.165, 1.54) is 0 Å². The third kappa shape index (κ3) is 9.64. The lowest BCUT2D eigenvalue weighted by Crippen LogP contribution is -2.10. The first-order chi connectivity index (χ1) is 6.91. The van der Waals surface area contributed by atoms with Crippen LogP contribution in [0.25, 0.3) is 0 Å². The minimum atomic E-state index is 0.0968. The molecule has 0 atom stereocenters. The van der Waals surface area contributed by atoms with E-state index in [0.29, 0.717) is 24.7 Å². The molecule has 0 heterocycles. The first-order valence-electron chi connectivity index (χ1n) is 5.95. The molecular weight excluding hydrogens is 188 g/mol. The molecule has 0 amide bonds. The van der Waals surface area contributed by atoms with E-state index in [1.807, 2.05) is 13.8 Å². The predicted molar refractivity (Wildman–Crippen MR) is 62.8 cm³/mol. The zero-order valence-corrected chi connectivity index (χ0v) is 10.5. The molecule has 0 aromatic heterocycles.